The van der Waals surface area contributed by atoms with Gasteiger partial charge in [-0.1, -0.05) is 5.16 Å². The van der Waals surface area contributed by atoms with Crippen molar-refractivity contribution in [2.75, 3.05) is 20.3 Å². The van der Waals surface area contributed by atoms with Gasteiger partial charge < -0.3 is 9.26 Å². The minimum absolute atomic E-state index is 0.372. The Balaban J connectivity index is 2.04. The van der Waals surface area contributed by atoms with E-state index in [1.165, 1.54) is 0 Å². The molecule has 2 aromatic rings. The van der Waals surface area contributed by atoms with Gasteiger partial charge in [0, 0.05) is 32.1 Å². The zero-order valence-electron chi connectivity index (χ0n) is 12.0. The van der Waals surface area contributed by atoms with Crippen LogP contribution < -0.4 is 0 Å². The van der Waals surface area contributed by atoms with Crippen LogP contribution in [0.4, 0.5) is 0 Å². The number of aromatic nitrogens is 4. The summed E-state index contributed by atoms with van der Waals surface area (Å²) in [7, 11) is 1.69. The van der Waals surface area contributed by atoms with Gasteiger partial charge in [-0.3, -0.25) is 9.88 Å². The topological polar surface area (TPSA) is 77.2 Å². The molecule has 0 spiro atoms. The van der Waals surface area contributed by atoms with Crippen molar-refractivity contribution in [3.05, 3.63) is 24.5 Å². The number of ether oxygens (including phenoxy) is 1. The summed E-state index contributed by atoms with van der Waals surface area (Å²) in [5, 5.41) is 3.93. The molecule has 0 radical (unpaired) electrons. The molecule has 0 N–H and O–H groups in total. The summed E-state index contributed by atoms with van der Waals surface area (Å²) < 4.78 is 10.4. The molecular weight excluding hydrogens is 258 g/mol. The number of nitrogens with zero attached hydrogens (tertiary/aromatic N) is 5. The molecule has 0 aliphatic carbocycles. The molecule has 0 atom stereocenters. The Hall–Kier alpha value is -1.86. The van der Waals surface area contributed by atoms with Crippen molar-refractivity contribution in [2.24, 2.45) is 0 Å². The molecule has 108 valence electrons. The number of rotatable bonds is 7. The standard InChI is InChI=1S/C13H19N5O2/c1-10(2)18(6-7-19-3)9-12-16-13(17-20-12)11-8-14-4-5-15-11/h4-5,8,10H,6-7,9H2,1-3H3. The highest BCUT2D eigenvalue weighted by atomic mass is 16.5. The first-order valence-corrected chi connectivity index (χ1v) is 6.52. The van der Waals surface area contributed by atoms with Crippen molar-refractivity contribution in [2.45, 2.75) is 26.4 Å². The maximum atomic E-state index is 5.27. The van der Waals surface area contributed by atoms with Crippen LogP contribution in [-0.4, -0.2) is 51.3 Å². The van der Waals surface area contributed by atoms with E-state index in [2.05, 4.69) is 38.9 Å². The fraction of sp³-hybridized carbons (Fsp3) is 0.538. The van der Waals surface area contributed by atoms with Crippen LogP contribution in [0.15, 0.2) is 23.1 Å². The van der Waals surface area contributed by atoms with Crippen LogP contribution in [0.3, 0.4) is 0 Å². The molecule has 0 saturated carbocycles. The molecule has 7 nitrogen and oxygen atoms in total. The average Bonchev–Trinajstić information content (AvgIpc) is 2.92. The molecule has 0 aromatic carbocycles. The molecule has 0 saturated heterocycles. The molecule has 7 heteroatoms. The lowest BCUT2D eigenvalue weighted by molar-refractivity contribution is 0.115. The lowest BCUT2D eigenvalue weighted by atomic mass is 10.3. The fourth-order valence-electron chi connectivity index (χ4n) is 1.74. The van der Waals surface area contributed by atoms with E-state index in [0.29, 0.717) is 36.6 Å². The fourth-order valence-corrected chi connectivity index (χ4v) is 1.74. The molecule has 20 heavy (non-hydrogen) atoms. The third kappa shape index (κ3) is 3.82. The summed E-state index contributed by atoms with van der Waals surface area (Å²) in [5.41, 5.74) is 0.607. The summed E-state index contributed by atoms with van der Waals surface area (Å²) in [6.45, 7) is 6.32. The molecule has 0 unspecified atom stereocenters. The highest BCUT2D eigenvalue weighted by molar-refractivity contribution is 5.45. The van der Waals surface area contributed by atoms with Gasteiger partial charge in [0.2, 0.25) is 11.7 Å². The first-order valence-electron chi connectivity index (χ1n) is 6.52. The first-order chi connectivity index (χ1) is 9.70. The van der Waals surface area contributed by atoms with Crippen LogP contribution in [0, 0.1) is 0 Å². The third-order valence-corrected chi connectivity index (χ3v) is 2.91. The molecule has 2 rings (SSSR count). The lowest BCUT2D eigenvalue weighted by Gasteiger charge is -2.24. The van der Waals surface area contributed by atoms with Crippen molar-refractivity contribution < 1.29 is 9.26 Å². The maximum Gasteiger partial charge on any atom is 0.241 e. The van der Waals surface area contributed by atoms with Gasteiger partial charge >= 0.3 is 0 Å². The maximum absolute atomic E-state index is 5.27. The molecule has 0 aliphatic rings. The van der Waals surface area contributed by atoms with Crippen molar-refractivity contribution in [1.29, 1.82) is 0 Å². The Kier molecular flexibility index (Phi) is 5.14. The summed E-state index contributed by atoms with van der Waals surface area (Å²) in [6, 6.07) is 0.372. The summed E-state index contributed by atoms with van der Waals surface area (Å²) in [6.07, 6.45) is 4.82. The van der Waals surface area contributed by atoms with Gasteiger partial charge in [0.15, 0.2) is 0 Å². The van der Waals surface area contributed by atoms with E-state index in [4.69, 9.17) is 9.26 Å². The van der Waals surface area contributed by atoms with Crippen LogP contribution in [0.5, 0.6) is 0 Å². The van der Waals surface area contributed by atoms with Crippen molar-refractivity contribution in [1.82, 2.24) is 25.0 Å². The Morgan fingerprint density at radius 3 is 2.85 bits per heavy atom. The molecule has 2 aromatic heterocycles. The second-order valence-electron chi connectivity index (χ2n) is 4.66. The van der Waals surface area contributed by atoms with E-state index >= 15 is 0 Å². The van der Waals surface area contributed by atoms with Crippen LogP contribution in [0.1, 0.15) is 19.7 Å². The summed E-state index contributed by atoms with van der Waals surface area (Å²) in [5.74, 6) is 1.03. The van der Waals surface area contributed by atoms with E-state index in [1.807, 2.05) is 0 Å². The van der Waals surface area contributed by atoms with E-state index in [0.717, 1.165) is 6.54 Å². The summed E-state index contributed by atoms with van der Waals surface area (Å²) >= 11 is 0. The zero-order valence-corrected chi connectivity index (χ0v) is 12.0. The van der Waals surface area contributed by atoms with Crippen LogP contribution >= 0.6 is 0 Å². The lowest BCUT2D eigenvalue weighted by Crippen LogP contribution is -2.33. The van der Waals surface area contributed by atoms with Gasteiger partial charge in [-0.05, 0) is 13.8 Å². The SMILES string of the molecule is COCCN(Cc1nc(-c2cnccn2)no1)C(C)C. The predicted octanol–water partition coefficient (Wildman–Crippen LogP) is 1.38. The molecule has 0 bridgehead atoms. The van der Waals surface area contributed by atoms with Gasteiger partial charge in [0.1, 0.15) is 5.69 Å². The van der Waals surface area contributed by atoms with Crippen molar-refractivity contribution in [3.63, 3.8) is 0 Å². The molecular formula is C13H19N5O2. The minimum atomic E-state index is 0.372. The van der Waals surface area contributed by atoms with E-state index < -0.39 is 0 Å². The van der Waals surface area contributed by atoms with Crippen molar-refractivity contribution >= 4 is 0 Å². The Labute approximate surface area is 118 Å². The quantitative estimate of drug-likeness (QED) is 0.756. The average molecular weight is 277 g/mol. The predicted molar refractivity (Wildman–Crippen MR) is 72.7 cm³/mol. The molecule has 2 heterocycles. The number of hydrogen-bond donors (Lipinski definition) is 0. The largest absolute Gasteiger partial charge is 0.383 e. The van der Waals surface area contributed by atoms with Crippen LogP contribution in [0.2, 0.25) is 0 Å². The normalized spacial score (nSPS) is 11.4. The second kappa shape index (κ2) is 7.06. The monoisotopic (exact) mass is 277 g/mol. The van der Waals surface area contributed by atoms with Crippen molar-refractivity contribution in [3.8, 4) is 11.5 Å². The van der Waals surface area contributed by atoms with Gasteiger partial charge in [-0.2, -0.15) is 4.98 Å². The van der Waals surface area contributed by atoms with Gasteiger partial charge in [0.05, 0.1) is 19.3 Å². The van der Waals surface area contributed by atoms with Crippen LogP contribution in [-0.2, 0) is 11.3 Å². The third-order valence-electron chi connectivity index (χ3n) is 2.91. The second-order valence-corrected chi connectivity index (χ2v) is 4.66. The molecule has 0 fully saturated rings. The number of methoxy groups -OCH3 is 1. The Bertz CT molecular complexity index is 514. The van der Waals surface area contributed by atoms with Crippen LogP contribution in [0.25, 0.3) is 11.5 Å². The minimum Gasteiger partial charge on any atom is -0.383 e. The van der Waals surface area contributed by atoms with Gasteiger partial charge in [0.25, 0.3) is 0 Å². The van der Waals surface area contributed by atoms with Gasteiger partial charge in [-0.25, -0.2) is 4.98 Å². The first kappa shape index (κ1) is 14.5. The highest BCUT2D eigenvalue weighted by Crippen LogP contribution is 2.13. The van der Waals surface area contributed by atoms with E-state index in [-0.39, 0.29) is 0 Å². The highest BCUT2D eigenvalue weighted by Gasteiger charge is 2.15. The zero-order chi connectivity index (χ0) is 14.4. The molecule has 0 aliphatic heterocycles. The number of hydrogen-bond acceptors (Lipinski definition) is 7. The van der Waals surface area contributed by atoms with E-state index in [1.54, 1.807) is 25.7 Å². The van der Waals surface area contributed by atoms with Gasteiger partial charge in [-0.15, -0.1) is 0 Å². The Morgan fingerprint density at radius 2 is 2.20 bits per heavy atom. The summed E-state index contributed by atoms with van der Waals surface area (Å²) in [4.78, 5) is 14.7. The molecule has 0 amide bonds. The Morgan fingerprint density at radius 1 is 1.35 bits per heavy atom. The smallest absolute Gasteiger partial charge is 0.241 e. The van der Waals surface area contributed by atoms with E-state index in [9.17, 15) is 0 Å².